The van der Waals surface area contributed by atoms with Gasteiger partial charge in [0.1, 0.15) is 9.50 Å². The average Bonchev–Trinajstić information content (AvgIpc) is 2.31. The molecule has 4 nitrogen and oxygen atoms in total. The van der Waals surface area contributed by atoms with Gasteiger partial charge in [-0.25, -0.2) is 13.4 Å². The van der Waals surface area contributed by atoms with Gasteiger partial charge in [0.15, 0.2) is 0 Å². The summed E-state index contributed by atoms with van der Waals surface area (Å²) in [6.45, 7) is 0. The normalized spacial score (nSPS) is 11.3. The minimum Gasteiger partial charge on any atom is -0.277 e. The second-order valence-corrected chi connectivity index (χ2v) is 7.25. The van der Waals surface area contributed by atoms with E-state index >= 15 is 0 Å². The van der Waals surface area contributed by atoms with Crippen LogP contribution in [-0.2, 0) is 10.0 Å². The zero-order valence-corrected chi connectivity index (χ0v) is 14.0. The van der Waals surface area contributed by atoms with Gasteiger partial charge in [0.05, 0.1) is 10.7 Å². The molecule has 0 atom stereocenters. The van der Waals surface area contributed by atoms with E-state index in [4.69, 9.17) is 11.6 Å². The van der Waals surface area contributed by atoms with Gasteiger partial charge in [-0.1, -0.05) is 27.5 Å². The maximum atomic E-state index is 12.2. The van der Waals surface area contributed by atoms with Gasteiger partial charge in [0, 0.05) is 10.7 Å². The Morgan fingerprint density at radius 1 is 1.21 bits per heavy atom. The second kappa shape index (κ2) is 5.78. The number of rotatable bonds is 3. The Labute approximate surface area is 132 Å². The predicted octanol–water partition coefficient (Wildman–Crippen LogP) is 4.06. The highest BCUT2D eigenvalue weighted by Gasteiger charge is 2.19. The van der Waals surface area contributed by atoms with E-state index in [9.17, 15) is 8.42 Å². The zero-order valence-electron chi connectivity index (χ0n) is 9.27. The van der Waals surface area contributed by atoms with E-state index in [1.807, 2.05) is 0 Å². The Balaban J connectivity index is 2.41. The minimum absolute atomic E-state index is 0.00752. The summed E-state index contributed by atoms with van der Waals surface area (Å²) in [5, 5.41) is 0.141. The fourth-order valence-corrected chi connectivity index (χ4v) is 3.94. The fourth-order valence-electron chi connectivity index (χ4n) is 1.36. The topological polar surface area (TPSA) is 59.1 Å². The lowest BCUT2D eigenvalue weighted by Gasteiger charge is -2.10. The predicted molar refractivity (Wildman–Crippen MR) is 81.9 cm³/mol. The molecule has 1 aromatic carbocycles. The molecule has 0 aliphatic heterocycles. The highest BCUT2D eigenvalue weighted by Crippen LogP contribution is 2.28. The summed E-state index contributed by atoms with van der Waals surface area (Å²) in [7, 11) is -3.76. The molecule has 0 saturated heterocycles. The van der Waals surface area contributed by atoms with Crippen molar-refractivity contribution in [1.82, 2.24) is 4.98 Å². The highest BCUT2D eigenvalue weighted by molar-refractivity contribution is 9.10. The Kier molecular flexibility index (Phi) is 4.50. The lowest BCUT2D eigenvalue weighted by Crippen LogP contribution is -2.14. The molecule has 1 aromatic heterocycles. The summed E-state index contributed by atoms with van der Waals surface area (Å²) in [6.07, 6.45) is 1.55. The van der Waals surface area contributed by atoms with Crippen molar-refractivity contribution in [3.63, 3.8) is 0 Å². The molecule has 0 aliphatic carbocycles. The van der Waals surface area contributed by atoms with Crippen LogP contribution in [0.25, 0.3) is 0 Å². The molecule has 2 rings (SSSR count). The van der Waals surface area contributed by atoms with E-state index in [1.54, 1.807) is 24.4 Å². The van der Waals surface area contributed by atoms with E-state index in [2.05, 4.69) is 41.6 Å². The molecular formula is C11H7Br2ClN2O2S. The summed E-state index contributed by atoms with van der Waals surface area (Å²) in [6, 6.07) is 7.79. The van der Waals surface area contributed by atoms with Crippen LogP contribution < -0.4 is 4.72 Å². The largest absolute Gasteiger partial charge is 0.277 e. The first-order valence-corrected chi connectivity index (χ1v) is 8.43. The Bertz CT molecular complexity index is 722. The molecule has 0 bridgehead atoms. The number of hydrogen-bond acceptors (Lipinski definition) is 3. The molecule has 8 heteroatoms. The van der Waals surface area contributed by atoms with Crippen molar-refractivity contribution in [2.75, 3.05) is 4.72 Å². The van der Waals surface area contributed by atoms with Crippen LogP contribution in [0.4, 0.5) is 5.69 Å². The first kappa shape index (κ1) is 14.8. The molecule has 0 radical (unpaired) electrons. The summed E-state index contributed by atoms with van der Waals surface area (Å²) >= 11 is 12.3. The molecule has 0 amide bonds. The lowest BCUT2D eigenvalue weighted by molar-refractivity contribution is 0.601. The average molecular weight is 427 g/mol. The summed E-state index contributed by atoms with van der Waals surface area (Å²) in [4.78, 5) is 3.95. The molecule has 100 valence electrons. The van der Waals surface area contributed by atoms with Crippen LogP contribution in [-0.4, -0.2) is 13.4 Å². The molecular weight excluding hydrogens is 419 g/mol. The van der Waals surface area contributed by atoms with Crippen molar-refractivity contribution < 1.29 is 8.42 Å². The van der Waals surface area contributed by atoms with Crippen LogP contribution in [0.1, 0.15) is 0 Å². The van der Waals surface area contributed by atoms with E-state index in [-0.39, 0.29) is 9.92 Å². The number of anilines is 1. The third-order valence-corrected chi connectivity index (χ3v) is 5.16. The zero-order chi connectivity index (χ0) is 14.0. The van der Waals surface area contributed by atoms with Crippen LogP contribution in [0.15, 0.2) is 50.5 Å². The lowest BCUT2D eigenvalue weighted by atomic mass is 10.4. The summed E-state index contributed by atoms with van der Waals surface area (Å²) in [5.41, 5.74) is 0.349. The van der Waals surface area contributed by atoms with Gasteiger partial charge in [0.25, 0.3) is 10.0 Å². The van der Waals surface area contributed by atoms with Gasteiger partial charge in [0.2, 0.25) is 0 Å². The van der Waals surface area contributed by atoms with Crippen molar-refractivity contribution in [2.24, 2.45) is 0 Å². The van der Waals surface area contributed by atoms with Crippen LogP contribution in [0, 0.1) is 0 Å². The number of benzene rings is 1. The number of halogens is 3. The fraction of sp³-hybridized carbons (Fsp3) is 0. The molecule has 0 fully saturated rings. The van der Waals surface area contributed by atoms with Gasteiger partial charge in [-0.2, -0.15) is 0 Å². The Hall–Kier alpha value is -0.630. The van der Waals surface area contributed by atoms with Gasteiger partial charge >= 0.3 is 0 Å². The van der Waals surface area contributed by atoms with E-state index < -0.39 is 10.0 Å². The van der Waals surface area contributed by atoms with Crippen LogP contribution in [0.3, 0.4) is 0 Å². The molecule has 1 heterocycles. The minimum atomic E-state index is -3.76. The number of aromatic nitrogens is 1. The molecule has 2 aromatic rings. The SMILES string of the molecule is O=S(=O)(Nc1cccnc1Br)c1ccc(Br)cc1Cl. The third kappa shape index (κ3) is 3.47. The third-order valence-electron chi connectivity index (χ3n) is 2.19. The van der Waals surface area contributed by atoms with Crippen molar-refractivity contribution in [2.45, 2.75) is 4.90 Å². The quantitative estimate of drug-likeness (QED) is 0.753. The number of nitrogens with zero attached hydrogens (tertiary/aromatic N) is 1. The molecule has 0 unspecified atom stereocenters. The van der Waals surface area contributed by atoms with Gasteiger partial charge in [-0.05, 0) is 46.3 Å². The Morgan fingerprint density at radius 2 is 1.95 bits per heavy atom. The maximum absolute atomic E-state index is 12.2. The summed E-state index contributed by atoms with van der Waals surface area (Å²) < 4.78 is 28.0. The van der Waals surface area contributed by atoms with Crippen LogP contribution in [0.5, 0.6) is 0 Å². The van der Waals surface area contributed by atoms with Gasteiger partial charge in [-0.3, -0.25) is 4.72 Å². The van der Waals surface area contributed by atoms with E-state index in [0.717, 1.165) is 0 Å². The van der Waals surface area contributed by atoms with E-state index in [0.29, 0.717) is 14.8 Å². The van der Waals surface area contributed by atoms with E-state index in [1.165, 1.54) is 12.1 Å². The smallest absolute Gasteiger partial charge is 0.263 e. The first-order chi connectivity index (χ1) is 8.90. The molecule has 1 N–H and O–H groups in total. The number of nitrogens with one attached hydrogen (secondary N) is 1. The number of pyridine rings is 1. The second-order valence-electron chi connectivity index (χ2n) is 3.52. The highest BCUT2D eigenvalue weighted by atomic mass is 79.9. The van der Waals surface area contributed by atoms with Crippen LogP contribution >= 0.6 is 43.5 Å². The molecule has 19 heavy (non-hydrogen) atoms. The van der Waals surface area contributed by atoms with Crippen molar-refractivity contribution in [1.29, 1.82) is 0 Å². The van der Waals surface area contributed by atoms with Crippen molar-refractivity contribution >= 4 is 59.2 Å². The monoisotopic (exact) mass is 424 g/mol. The van der Waals surface area contributed by atoms with Gasteiger partial charge < -0.3 is 0 Å². The summed E-state index contributed by atoms with van der Waals surface area (Å²) in [5.74, 6) is 0. The van der Waals surface area contributed by atoms with Gasteiger partial charge in [-0.15, -0.1) is 0 Å². The maximum Gasteiger partial charge on any atom is 0.263 e. The molecule has 0 saturated carbocycles. The Morgan fingerprint density at radius 3 is 2.58 bits per heavy atom. The number of hydrogen-bond donors (Lipinski definition) is 1. The van der Waals surface area contributed by atoms with Crippen LogP contribution in [0.2, 0.25) is 5.02 Å². The molecule has 0 aliphatic rings. The number of sulfonamides is 1. The van der Waals surface area contributed by atoms with Crippen molar-refractivity contribution in [3.05, 3.63) is 50.6 Å². The van der Waals surface area contributed by atoms with Crippen molar-refractivity contribution in [3.8, 4) is 0 Å². The first-order valence-electron chi connectivity index (χ1n) is 4.98. The standard InChI is InChI=1S/C11H7Br2ClN2O2S/c12-7-3-4-10(8(14)6-7)19(17,18)16-9-2-1-5-15-11(9)13/h1-6,16H. The molecule has 0 spiro atoms.